The molecule has 4 rings (SSSR count). The Labute approximate surface area is 132 Å². The van der Waals surface area contributed by atoms with E-state index in [0.29, 0.717) is 18.1 Å². The molecule has 0 N–H and O–H groups in total. The molecule has 108 valence electrons. The van der Waals surface area contributed by atoms with Crippen molar-refractivity contribution < 1.29 is 14.3 Å². The number of hydrogen-bond acceptors (Lipinski definition) is 4. The van der Waals surface area contributed by atoms with Crippen LogP contribution in [-0.2, 0) is 14.3 Å². The molecule has 4 aliphatic rings. The standard InChI is InChI=1S/C15H18INO3/c1-8(19-2)12-3-4-13-15-7-9(17(12)13)5-11(16)10(15)6-14(18)20-15/h5-6,8-9,12-13H,3-4,7H2,1-2H3/t8?,9-,12-,13-,15+/m1/s1. The molecule has 1 aliphatic carbocycles. The van der Waals surface area contributed by atoms with Gasteiger partial charge >= 0.3 is 5.97 Å². The Bertz CT molecular complexity index is 543. The first-order valence-corrected chi connectivity index (χ1v) is 8.28. The fourth-order valence-corrected chi connectivity index (χ4v) is 5.60. The Morgan fingerprint density at radius 3 is 3.10 bits per heavy atom. The van der Waals surface area contributed by atoms with E-state index in [1.807, 2.05) is 0 Å². The van der Waals surface area contributed by atoms with Crippen LogP contribution in [0.1, 0.15) is 26.2 Å². The molecule has 20 heavy (non-hydrogen) atoms. The van der Waals surface area contributed by atoms with E-state index in [9.17, 15) is 4.79 Å². The van der Waals surface area contributed by atoms with Crippen LogP contribution in [0.3, 0.4) is 0 Å². The maximum absolute atomic E-state index is 11.8. The minimum absolute atomic E-state index is 0.173. The van der Waals surface area contributed by atoms with Crippen molar-refractivity contribution in [2.45, 2.75) is 56.0 Å². The summed E-state index contributed by atoms with van der Waals surface area (Å²) in [6.07, 6.45) is 7.32. The van der Waals surface area contributed by atoms with Gasteiger partial charge in [-0.25, -0.2) is 4.79 Å². The van der Waals surface area contributed by atoms with Crippen molar-refractivity contribution in [3.8, 4) is 0 Å². The first-order valence-electron chi connectivity index (χ1n) is 7.20. The van der Waals surface area contributed by atoms with Gasteiger partial charge in [0.15, 0.2) is 5.60 Å². The Balaban J connectivity index is 1.77. The largest absolute Gasteiger partial charge is 0.449 e. The summed E-state index contributed by atoms with van der Waals surface area (Å²) < 4.78 is 12.6. The highest BCUT2D eigenvalue weighted by Gasteiger charge is 2.64. The number of methoxy groups -OCH3 is 1. The van der Waals surface area contributed by atoms with E-state index < -0.39 is 0 Å². The van der Waals surface area contributed by atoms with Gasteiger partial charge in [-0.15, -0.1) is 0 Å². The normalized spacial score (nSPS) is 43.8. The lowest BCUT2D eigenvalue weighted by Crippen LogP contribution is -2.47. The quantitative estimate of drug-likeness (QED) is 0.538. The second-order valence-corrected chi connectivity index (χ2v) is 7.37. The summed E-state index contributed by atoms with van der Waals surface area (Å²) >= 11 is 2.35. The van der Waals surface area contributed by atoms with E-state index in [1.54, 1.807) is 13.2 Å². The van der Waals surface area contributed by atoms with E-state index in [1.165, 1.54) is 3.58 Å². The molecule has 3 aliphatic heterocycles. The molecular formula is C15H18INO3. The van der Waals surface area contributed by atoms with E-state index in [4.69, 9.17) is 9.47 Å². The molecule has 1 unspecified atom stereocenters. The van der Waals surface area contributed by atoms with Gasteiger partial charge < -0.3 is 9.47 Å². The maximum atomic E-state index is 11.8. The molecule has 5 atom stereocenters. The van der Waals surface area contributed by atoms with Crippen molar-refractivity contribution >= 4 is 28.6 Å². The lowest BCUT2D eigenvalue weighted by atomic mass is 9.81. The van der Waals surface area contributed by atoms with Gasteiger partial charge in [-0.3, -0.25) is 4.90 Å². The molecule has 0 aromatic carbocycles. The summed E-state index contributed by atoms with van der Waals surface area (Å²) in [5.41, 5.74) is 0.729. The summed E-state index contributed by atoms with van der Waals surface area (Å²) in [4.78, 5) is 14.4. The molecule has 0 aromatic heterocycles. The minimum atomic E-state index is -0.380. The number of ether oxygens (including phenoxy) is 2. The van der Waals surface area contributed by atoms with Crippen LogP contribution in [0.4, 0.5) is 0 Å². The van der Waals surface area contributed by atoms with Crippen LogP contribution < -0.4 is 0 Å². The second kappa shape index (κ2) is 4.30. The third kappa shape index (κ3) is 1.51. The molecule has 4 nitrogen and oxygen atoms in total. The number of carbonyl (C=O) groups is 1. The van der Waals surface area contributed by atoms with Crippen molar-refractivity contribution in [2.75, 3.05) is 7.11 Å². The Morgan fingerprint density at radius 1 is 1.55 bits per heavy atom. The average molecular weight is 387 g/mol. The van der Waals surface area contributed by atoms with Crippen molar-refractivity contribution in [2.24, 2.45) is 0 Å². The minimum Gasteiger partial charge on any atom is -0.449 e. The van der Waals surface area contributed by atoms with Crippen molar-refractivity contribution in [1.82, 2.24) is 4.90 Å². The SMILES string of the molecule is COC(C)[C@H]1CC[C@H]2N1[C@@H]1C=C(I)C3=CC(=O)O[C@@]32C1. The smallest absolute Gasteiger partial charge is 0.332 e. The molecule has 0 aromatic rings. The molecule has 5 heteroatoms. The summed E-state index contributed by atoms with van der Waals surface area (Å²) in [7, 11) is 1.78. The summed E-state index contributed by atoms with van der Waals surface area (Å²) in [6.45, 7) is 2.14. The third-order valence-corrected chi connectivity index (χ3v) is 6.36. The van der Waals surface area contributed by atoms with E-state index in [-0.39, 0.29) is 17.7 Å². The Morgan fingerprint density at radius 2 is 2.35 bits per heavy atom. The molecule has 0 amide bonds. The van der Waals surface area contributed by atoms with Crippen LogP contribution in [0.2, 0.25) is 0 Å². The number of nitrogens with zero attached hydrogens (tertiary/aromatic N) is 1. The number of esters is 1. The molecule has 0 saturated carbocycles. The highest BCUT2D eigenvalue weighted by atomic mass is 127. The zero-order valence-electron chi connectivity index (χ0n) is 11.6. The van der Waals surface area contributed by atoms with Gasteiger partial charge in [0, 0.05) is 40.8 Å². The summed E-state index contributed by atoms with van der Waals surface area (Å²) in [6, 6.07) is 1.12. The van der Waals surface area contributed by atoms with Crippen LogP contribution in [0.25, 0.3) is 0 Å². The Kier molecular flexibility index (Phi) is 2.86. The summed E-state index contributed by atoms with van der Waals surface area (Å²) in [5.74, 6) is -0.173. The summed E-state index contributed by atoms with van der Waals surface area (Å²) in [5, 5.41) is 0. The molecular weight excluding hydrogens is 369 g/mol. The molecule has 1 spiro atoms. The van der Waals surface area contributed by atoms with Gasteiger partial charge in [0.1, 0.15) is 0 Å². The lowest BCUT2D eigenvalue weighted by Gasteiger charge is -2.33. The van der Waals surface area contributed by atoms with Crippen molar-refractivity contribution in [3.63, 3.8) is 0 Å². The van der Waals surface area contributed by atoms with Crippen LogP contribution in [-0.4, -0.2) is 47.8 Å². The highest BCUT2D eigenvalue weighted by Crippen LogP contribution is 2.57. The van der Waals surface area contributed by atoms with Gasteiger partial charge in [0.25, 0.3) is 0 Å². The zero-order valence-corrected chi connectivity index (χ0v) is 13.8. The zero-order chi connectivity index (χ0) is 14.1. The molecule has 2 saturated heterocycles. The third-order valence-electron chi connectivity index (χ3n) is 5.42. The first kappa shape index (κ1) is 13.3. The van der Waals surface area contributed by atoms with Gasteiger partial charge in [-0.1, -0.05) is 6.08 Å². The number of carbonyl (C=O) groups excluding carboxylic acids is 1. The number of halogens is 1. The first-order chi connectivity index (χ1) is 9.56. The molecule has 2 bridgehead atoms. The predicted molar refractivity (Wildman–Crippen MR) is 82.5 cm³/mol. The number of rotatable bonds is 2. The monoisotopic (exact) mass is 387 g/mol. The van der Waals surface area contributed by atoms with Crippen molar-refractivity contribution in [1.29, 1.82) is 0 Å². The van der Waals surface area contributed by atoms with E-state index in [0.717, 1.165) is 24.8 Å². The van der Waals surface area contributed by atoms with Crippen LogP contribution in [0.15, 0.2) is 21.3 Å². The van der Waals surface area contributed by atoms with Gasteiger partial charge in [0.05, 0.1) is 12.1 Å². The maximum Gasteiger partial charge on any atom is 0.332 e. The number of hydrogen-bond donors (Lipinski definition) is 0. The molecule has 0 radical (unpaired) electrons. The van der Waals surface area contributed by atoms with Gasteiger partial charge in [-0.05, 0) is 42.4 Å². The average Bonchev–Trinajstić information content (AvgIpc) is 3.04. The predicted octanol–water partition coefficient (Wildman–Crippen LogP) is 2.18. The molecule has 3 heterocycles. The Hall–Kier alpha value is -0.400. The van der Waals surface area contributed by atoms with Crippen LogP contribution >= 0.6 is 22.6 Å². The van der Waals surface area contributed by atoms with Gasteiger partial charge in [-0.2, -0.15) is 0 Å². The van der Waals surface area contributed by atoms with Crippen LogP contribution in [0, 0.1) is 0 Å². The fourth-order valence-electron chi connectivity index (χ4n) is 4.57. The number of fused-ring (bicyclic) bond motifs is 3. The second-order valence-electron chi connectivity index (χ2n) is 6.20. The van der Waals surface area contributed by atoms with Crippen molar-refractivity contribution in [3.05, 3.63) is 21.3 Å². The fraction of sp³-hybridized carbons (Fsp3) is 0.667. The molecule has 2 fully saturated rings. The van der Waals surface area contributed by atoms with Gasteiger partial charge in [0.2, 0.25) is 0 Å². The topological polar surface area (TPSA) is 38.8 Å². The van der Waals surface area contributed by atoms with E-state index in [2.05, 4.69) is 40.5 Å². The lowest BCUT2D eigenvalue weighted by molar-refractivity contribution is -0.147. The highest BCUT2D eigenvalue weighted by molar-refractivity contribution is 14.1. The van der Waals surface area contributed by atoms with Crippen LogP contribution in [0.5, 0.6) is 0 Å². The van der Waals surface area contributed by atoms with E-state index >= 15 is 0 Å².